The zero-order valence-corrected chi connectivity index (χ0v) is 9.01. The van der Waals surface area contributed by atoms with Gasteiger partial charge in [-0.05, 0) is 24.5 Å². The van der Waals surface area contributed by atoms with Crippen molar-refractivity contribution < 1.29 is 13.6 Å². The molecule has 0 radical (unpaired) electrons. The summed E-state index contributed by atoms with van der Waals surface area (Å²) in [5.41, 5.74) is 0.255. The highest BCUT2D eigenvalue weighted by atomic mass is 19.1. The molecular formula is C13H14F2O. The van der Waals surface area contributed by atoms with Gasteiger partial charge in [0.15, 0.2) is 0 Å². The first kappa shape index (κ1) is 12.6. The van der Waals surface area contributed by atoms with Crippen molar-refractivity contribution in [2.45, 2.75) is 25.7 Å². The highest BCUT2D eigenvalue weighted by Crippen LogP contribution is 2.12. The molecule has 0 unspecified atom stereocenters. The fourth-order valence-corrected chi connectivity index (χ4v) is 1.41. The molecule has 3 heteroatoms. The van der Waals surface area contributed by atoms with Crippen LogP contribution < -0.4 is 0 Å². The molecule has 0 saturated carbocycles. The third kappa shape index (κ3) is 3.93. The Balaban J connectivity index is 2.52. The third-order valence-electron chi connectivity index (χ3n) is 2.27. The summed E-state index contributed by atoms with van der Waals surface area (Å²) < 4.78 is 25.8. The van der Waals surface area contributed by atoms with Gasteiger partial charge in [0.1, 0.15) is 17.4 Å². The molecule has 0 saturated heterocycles. The van der Waals surface area contributed by atoms with Crippen molar-refractivity contribution in [3.63, 3.8) is 0 Å². The van der Waals surface area contributed by atoms with Crippen molar-refractivity contribution in [2.24, 2.45) is 0 Å². The summed E-state index contributed by atoms with van der Waals surface area (Å²) in [6.45, 7) is 3.55. The van der Waals surface area contributed by atoms with Gasteiger partial charge in [0.05, 0.1) is 0 Å². The number of hydrogen-bond donors (Lipinski definition) is 0. The lowest BCUT2D eigenvalue weighted by atomic mass is 10.0. The van der Waals surface area contributed by atoms with Gasteiger partial charge in [-0.25, -0.2) is 8.78 Å². The molecule has 1 aromatic rings. The average molecular weight is 224 g/mol. The van der Waals surface area contributed by atoms with Crippen LogP contribution in [0.2, 0.25) is 0 Å². The topological polar surface area (TPSA) is 17.1 Å². The molecule has 1 rings (SSSR count). The van der Waals surface area contributed by atoms with Crippen molar-refractivity contribution >= 4 is 5.78 Å². The van der Waals surface area contributed by atoms with Gasteiger partial charge < -0.3 is 0 Å². The van der Waals surface area contributed by atoms with Crippen LogP contribution in [0.25, 0.3) is 0 Å². The molecular weight excluding hydrogens is 210 g/mol. The summed E-state index contributed by atoms with van der Waals surface area (Å²) in [6, 6.07) is 3.28. The van der Waals surface area contributed by atoms with Gasteiger partial charge >= 0.3 is 0 Å². The van der Waals surface area contributed by atoms with Crippen molar-refractivity contribution in [1.29, 1.82) is 0 Å². The van der Waals surface area contributed by atoms with E-state index in [1.165, 1.54) is 6.07 Å². The molecule has 0 aliphatic rings. The van der Waals surface area contributed by atoms with Gasteiger partial charge in [-0.2, -0.15) is 0 Å². The van der Waals surface area contributed by atoms with Crippen molar-refractivity contribution in [3.8, 4) is 0 Å². The first-order chi connectivity index (χ1) is 7.63. The summed E-state index contributed by atoms with van der Waals surface area (Å²) in [5, 5.41) is 0. The lowest BCUT2D eigenvalue weighted by Gasteiger charge is -2.02. The predicted molar refractivity (Wildman–Crippen MR) is 59.1 cm³/mol. The number of allylic oxidation sites excluding steroid dienone is 1. The smallest absolute Gasteiger partial charge is 0.137 e. The second-order valence-electron chi connectivity index (χ2n) is 3.63. The quantitative estimate of drug-likeness (QED) is 0.534. The van der Waals surface area contributed by atoms with Crippen LogP contribution in [0.5, 0.6) is 0 Å². The number of Topliss-reactive ketones (excluding diaryl/α,β-unsaturated/α-hetero) is 1. The maximum Gasteiger partial charge on any atom is 0.137 e. The van der Waals surface area contributed by atoms with E-state index in [2.05, 4.69) is 6.58 Å². The fourth-order valence-electron chi connectivity index (χ4n) is 1.41. The normalized spacial score (nSPS) is 10.1. The van der Waals surface area contributed by atoms with E-state index >= 15 is 0 Å². The molecule has 1 nitrogen and oxygen atoms in total. The van der Waals surface area contributed by atoms with Gasteiger partial charge in [0.25, 0.3) is 0 Å². The van der Waals surface area contributed by atoms with E-state index in [0.29, 0.717) is 6.42 Å². The summed E-state index contributed by atoms with van der Waals surface area (Å²) in [4.78, 5) is 11.4. The first-order valence-electron chi connectivity index (χ1n) is 5.20. The van der Waals surface area contributed by atoms with E-state index < -0.39 is 11.6 Å². The Morgan fingerprint density at radius 1 is 1.38 bits per heavy atom. The zero-order valence-electron chi connectivity index (χ0n) is 9.01. The summed E-state index contributed by atoms with van der Waals surface area (Å²) in [5.74, 6) is -1.32. The molecule has 0 bridgehead atoms. The van der Waals surface area contributed by atoms with E-state index in [1.54, 1.807) is 6.08 Å². The number of carbonyl (C=O) groups is 1. The molecule has 0 N–H and O–H groups in total. The molecule has 0 aromatic heterocycles. The van der Waals surface area contributed by atoms with E-state index in [1.807, 2.05) is 0 Å². The third-order valence-corrected chi connectivity index (χ3v) is 2.27. The van der Waals surface area contributed by atoms with Crippen LogP contribution in [0.4, 0.5) is 8.78 Å². The minimum Gasteiger partial charge on any atom is -0.299 e. The second kappa shape index (κ2) is 6.16. The molecule has 86 valence electrons. The van der Waals surface area contributed by atoms with Crippen molar-refractivity contribution in [3.05, 3.63) is 48.1 Å². The first-order valence-corrected chi connectivity index (χ1v) is 5.20. The minimum atomic E-state index is -0.655. The lowest BCUT2D eigenvalue weighted by Crippen LogP contribution is -2.04. The summed E-state index contributed by atoms with van der Waals surface area (Å²) in [7, 11) is 0. The van der Waals surface area contributed by atoms with Crippen LogP contribution in [0.1, 0.15) is 24.8 Å². The molecule has 0 fully saturated rings. The Kier molecular flexibility index (Phi) is 4.83. The number of ketones is 1. The van der Waals surface area contributed by atoms with Gasteiger partial charge in [-0.3, -0.25) is 4.79 Å². The minimum absolute atomic E-state index is 0.0310. The standard InChI is InChI=1S/C13H14F2O/c1-2-3-4-5-12(16)8-10-6-7-11(14)9-13(10)15/h2,6-7,9H,1,3-5,8H2. The number of unbranched alkanes of at least 4 members (excludes halogenated alkanes) is 1. The molecule has 0 aliphatic heterocycles. The van der Waals surface area contributed by atoms with Crippen molar-refractivity contribution in [2.75, 3.05) is 0 Å². The number of halogens is 2. The van der Waals surface area contributed by atoms with Crippen LogP contribution in [-0.2, 0) is 11.2 Å². The van der Waals surface area contributed by atoms with Crippen molar-refractivity contribution in [1.82, 2.24) is 0 Å². The maximum absolute atomic E-state index is 13.2. The summed E-state index contributed by atoms with van der Waals surface area (Å²) in [6.07, 6.45) is 3.68. The molecule has 0 amide bonds. The Morgan fingerprint density at radius 3 is 2.75 bits per heavy atom. The number of carbonyl (C=O) groups excluding carboxylic acids is 1. The fraction of sp³-hybridized carbons (Fsp3) is 0.308. The Bertz CT molecular complexity index is 386. The van der Waals surface area contributed by atoms with Crippen LogP contribution in [0.3, 0.4) is 0 Å². The van der Waals surface area contributed by atoms with Gasteiger partial charge in [0, 0.05) is 18.9 Å². The maximum atomic E-state index is 13.2. The average Bonchev–Trinajstić information content (AvgIpc) is 2.23. The predicted octanol–water partition coefficient (Wildman–Crippen LogP) is 3.43. The van der Waals surface area contributed by atoms with Crippen LogP contribution in [-0.4, -0.2) is 5.78 Å². The highest BCUT2D eigenvalue weighted by Gasteiger charge is 2.08. The van der Waals surface area contributed by atoms with Crippen LogP contribution in [0.15, 0.2) is 30.9 Å². The number of benzene rings is 1. The Morgan fingerprint density at radius 2 is 2.12 bits per heavy atom. The van der Waals surface area contributed by atoms with E-state index in [4.69, 9.17) is 0 Å². The monoisotopic (exact) mass is 224 g/mol. The molecule has 16 heavy (non-hydrogen) atoms. The van der Waals surface area contributed by atoms with Crippen LogP contribution in [0, 0.1) is 11.6 Å². The van der Waals surface area contributed by atoms with E-state index in [0.717, 1.165) is 25.0 Å². The van der Waals surface area contributed by atoms with E-state index in [-0.39, 0.29) is 17.8 Å². The molecule has 0 atom stereocenters. The summed E-state index contributed by atoms with van der Waals surface area (Å²) >= 11 is 0. The molecule has 0 aliphatic carbocycles. The lowest BCUT2D eigenvalue weighted by molar-refractivity contribution is -0.118. The molecule has 0 spiro atoms. The SMILES string of the molecule is C=CCCCC(=O)Cc1ccc(F)cc1F. The van der Waals surface area contributed by atoms with Gasteiger partial charge in [-0.1, -0.05) is 12.1 Å². The molecule has 1 aromatic carbocycles. The zero-order chi connectivity index (χ0) is 12.0. The Hall–Kier alpha value is -1.51. The number of rotatable bonds is 6. The largest absolute Gasteiger partial charge is 0.299 e. The van der Waals surface area contributed by atoms with E-state index in [9.17, 15) is 13.6 Å². The van der Waals surface area contributed by atoms with Crippen LogP contribution >= 0.6 is 0 Å². The second-order valence-corrected chi connectivity index (χ2v) is 3.63. The highest BCUT2D eigenvalue weighted by molar-refractivity contribution is 5.80. The van der Waals surface area contributed by atoms with Gasteiger partial charge in [0.2, 0.25) is 0 Å². The molecule has 0 heterocycles. The van der Waals surface area contributed by atoms with Gasteiger partial charge in [-0.15, -0.1) is 6.58 Å². The number of hydrogen-bond acceptors (Lipinski definition) is 1. The Labute approximate surface area is 93.8 Å².